The van der Waals surface area contributed by atoms with E-state index in [4.69, 9.17) is 4.74 Å². The van der Waals surface area contributed by atoms with Gasteiger partial charge in [-0.3, -0.25) is 14.5 Å². The lowest BCUT2D eigenvalue weighted by Crippen LogP contribution is -2.46. The van der Waals surface area contributed by atoms with Crippen LogP contribution in [0.5, 0.6) is 0 Å². The van der Waals surface area contributed by atoms with Crippen LogP contribution in [0.1, 0.15) is 58.9 Å². The first kappa shape index (κ1) is 22.0. The van der Waals surface area contributed by atoms with Gasteiger partial charge in [-0.25, -0.2) is 4.68 Å². The lowest BCUT2D eigenvalue weighted by Gasteiger charge is -2.31. The Labute approximate surface area is 176 Å². The Morgan fingerprint density at radius 3 is 2.79 bits per heavy atom. The van der Waals surface area contributed by atoms with Crippen LogP contribution in [-0.4, -0.2) is 86.0 Å². The van der Waals surface area contributed by atoms with Gasteiger partial charge in [0.1, 0.15) is 0 Å². The third-order valence-electron chi connectivity index (χ3n) is 5.52. The second kappa shape index (κ2) is 10.4. The van der Waals surface area contributed by atoms with Gasteiger partial charge in [-0.2, -0.15) is 0 Å². The molecule has 29 heavy (non-hydrogen) atoms. The minimum Gasteiger partial charge on any atom is -0.466 e. The molecule has 1 aromatic rings. The van der Waals surface area contributed by atoms with E-state index in [0.29, 0.717) is 36.9 Å². The monoisotopic (exact) mass is 424 g/mol. The number of ether oxygens (including phenoxy) is 1. The Hall–Kier alpha value is -1.68. The van der Waals surface area contributed by atoms with Crippen LogP contribution in [0.4, 0.5) is 0 Å². The highest BCUT2D eigenvalue weighted by Gasteiger charge is 2.32. The molecule has 1 aliphatic heterocycles. The van der Waals surface area contributed by atoms with Gasteiger partial charge >= 0.3 is 5.97 Å². The molecular weight excluding hydrogens is 392 g/mol. The van der Waals surface area contributed by atoms with E-state index in [-0.39, 0.29) is 23.5 Å². The fraction of sp³-hybridized carbons (Fsp3) is 0.842. The number of rotatable bonds is 11. The molecule has 3 rings (SSSR count). The maximum absolute atomic E-state index is 13.3. The smallest absolute Gasteiger partial charge is 0.307 e. The molecule has 10 heteroatoms. The van der Waals surface area contributed by atoms with E-state index in [1.165, 1.54) is 11.8 Å². The van der Waals surface area contributed by atoms with Crippen LogP contribution in [0.25, 0.3) is 0 Å². The maximum Gasteiger partial charge on any atom is 0.307 e. The fourth-order valence-electron chi connectivity index (χ4n) is 3.80. The first-order valence-corrected chi connectivity index (χ1v) is 11.5. The van der Waals surface area contributed by atoms with Gasteiger partial charge in [-0.15, -0.1) is 5.10 Å². The van der Waals surface area contributed by atoms with E-state index >= 15 is 0 Å². The standard InChI is InChI=1S/C19H32N6O3S/c1-4-23-11-6-7-16(23)13-24(12-10-17(26)28-5-2)18(27)14(3)29-19-20-21-22-25(19)15-8-9-15/h14-16H,4-13H2,1-3H3. The first-order valence-electron chi connectivity index (χ1n) is 10.7. The molecule has 0 N–H and O–H groups in total. The van der Waals surface area contributed by atoms with Gasteiger partial charge in [0, 0.05) is 19.1 Å². The van der Waals surface area contributed by atoms with Gasteiger partial charge in [0.25, 0.3) is 0 Å². The number of hydrogen-bond donors (Lipinski definition) is 0. The summed E-state index contributed by atoms with van der Waals surface area (Å²) in [6, 6.07) is 0.714. The number of nitrogens with zero attached hydrogens (tertiary/aromatic N) is 6. The molecule has 2 aliphatic rings. The van der Waals surface area contributed by atoms with Crippen molar-refractivity contribution in [2.24, 2.45) is 0 Å². The number of tetrazole rings is 1. The zero-order chi connectivity index (χ0) is 20.8. The Bertz CT molecular complexity index is 695. The molecule has 1 saturated carbocycles. The number of esters is 1. The van der Waals surface area contributed by atoms with Gasteiger partial charge in [0.2, 0.25) is 11.1 Å². The van der Waals surface area contributed by atoms with Crippen LogP contribution in [0.3, 0.4) is 0 Å². The number of amides is 1. The molecule has 0 bridgehead atoms. The number of thioether (sulfide) groups is 1. The van der Waals surface area contributed by atoms with Crippen molar-refractivity contribution in [3.63, 3.8) is 0 Å². The largest absolute Gasteiger partial charge is 0.466 e. The number of hydrogen-bond acceptors (Lipinski definition) is 8. The fourth-order valence-corrected chi connectivity index (χ4v) is 4.74. The van der Waals surface area contributed by atoms with E-state index in [0.717, 1.165) is 38.8 Å². The summed E-state index contributed by atoms with van der Waals surface area (Å²) in [7, 11) is 0. The summed E-state index contributed by atoms with van der Waals surface area (Å²) in [4.78, 5) is 29.4. The average molecular weight is 425 g/mol. The Kier molecular flexibility index (Phi) is 7.88. The van der Waals surface area contributed by atoms with Crippen molar-refractivity contribution in [2.45, 2.75) is 75.4 Å². The highest BCUT2D eigenvalue weighted by atomic mass is 32.2. The van der Waals surface area contributed by atoms with Crippen molar-refractivity contribution in [1.29, 1.82) is 0 Å². The zero-order valence-corrected chi connectivity index (χ0v) is 18.4. The Balaban J connectivity index is 1.64. The number of carbonyl (C=O) groups excluding carboxylic acids is 2. The number of aromatic nitrogens is 4. The minimum absolute atomic E-state index is 0.0209. The molecule has 162 valence electrons. The van der Waals surface area contributed by atoms with Gasteiger partial charge in [0.15, 0.2) is 0 Å². The first-order chi connectivity index (χ1) is 14.0. The van der Waals surface area contributed by atoms with Crippen molar-refractivity contribution in [2.75, 3.05) is 32.8 Å². The molecule has 1 aromatic heterocycles. The van der Waals surface area contributed by atoms with E-state index in [9.17, 15) is 9.59 Å². The summed E-state index contributed by atoms with van der Waals surface area (Å²) in [6.07, 6.45) is 4.62. The summed E-state index contributed by atoms with van der Waals surface area (Å²) in [5.41, 5.74) is 0. The van der Waals surface area contributed by atoms with Crippen molar-refractivity contribution < 1.29 is 14.3 Å². The normalized spacial score (nSPS) is 20.6. The highest BCUT2D eigenvalue weighted by molar-refractivity contribution is 8.00. The van der Waals surface area contributed by atoms with Crippen LogP contribution >= 0.6 is 11.8 Å². The zero-order valence-electron chi connectivity index (χ0n) is 17.6. The second-order valence-corrected chi connectivity index (χ2v) is 8.97. The minimum atomic E-state index is -0.322. The Morgan fingerprint density at radius 2 is 2.10 bits per heavy atom. The number of likely N-dealkylation sites (N-methyl/N-ethyl adjacent to an activating group) is 1. The molecule has 2 heterocycles. The van der Waals surface area contributed by atoms with E-state index in [1.807, 2.05) is 16.5 Å². The van der Waals surface area contributed by atoms with E-state index in [1.54, 1.807) is 6.92 Å². The molecule has 1 amide bonds. The predicted molar refractivity (Wildman–Crippen MR) is 110 cm³/mol. The molecule has 1 saturated heterocycles. The van der Waals surface area contributed by atoms with Crippen molar-refractivity contribution >= 4 is 23.6 Å². The molecule has 2 unspecified atom stereocenters. The third kappa shape index (κ3) is 5.91. The third-order valence-corrected chi connectivity index (χ3v) is 6.56. The average Bonchev–Trinajstić information content (AvgIpc) is 3.28. The van der Waals surface area contributed by atoms with Crippen molar-refractivity contribution in [1.82, 2.24) is 30.0 Å². The molecule has 9 nitrogen and oxygen atoms in total. The van der Waals surface area contributed by atoms with Crippen LogP contribution in [0.2, 0.25) is 0 Å². The van der Waals surface area contributed by atoms with Crippen molar-refractivity contribution in [3.05, 3.63) is 0 Å². The van der Waals surface area contributed by atoms with Gasteiger partial charge in [-0.1, -0.05) is 18.7 Å². The SMILES string of the molecule is CCOC(=O)CCN(CC1CCCN1CC)C(=O)C(C)Sc1nnnn1C1CC1. The quantitative estimate of drug-likeness (QED) is 0.392. The van der Waals surface area contributed by atoms with Crippen LogP contribution < -0.4 is 0 Å². The molecule has 2 fully saturated rings. The molecular formula is C19H32N6O3S. The van der Waals surface area contributed by atoms with Crippen LogP contribution in [0.15, 0.2) is 5.16 Å². The molecule has 1 aliphatic carbocycles. The lowest BCUT2D eigenvalue weighted by molar-refractivity contribution is -0.144. The summed E-state index contributed by atoms with van der Waals surface area (Å²) >= 11 is 1.40. The topological polar surface area (TPSA) is 93.4 Å². The van der Waals surface area contributed by atoms with Crippen molar-refractivity contribution in [3.8, 4) is 0 Å². The second-order valence-electron chi connectivity index (χ2n) is 7.66. The van der Waals surface area contributed by atoms with Crippen LogP contribution in [-0.2, 0) is 14.3 Å². The summed E-state index contributed by atoms with van der Waals surface area (Å²) < 4.78 is 6.88. The molecule has 0 aromatic carbocycles. The van der Waals surface area contributed by atoms with Gasteiger partial charge < -0.3 is 9.64 Å². The van der Waals surface area contributed by atoms with Gasteiger partial charge in [-0.05, 0) is 63.0 Å². The lowest BCUT2D eigenvalue weighted by atomic mass is 10.2. The summed E-state index contributed by atoms with van der Waals surface area (Å²) in [5, 5.41) is 12.3. The summed E-state index contributed by atoms with van der Waals surface area (Å²) in [5.74, 6) is -0.241. The van der Waals surface area contributed by atoms with Crippen LogP contribution in [0, 0.1) is 0 Å². The molecule has 0 radical (unpaired) electrons. The number of likely N-dealkylation sites (tertiary alicyclic amines) is 1. The highest BCUT2D eigenvalue weighted by Crippen LogP contribution is 2.37. The van der Waals surface area contributed by atoms with E-state index < -0.39 is 0 Å². The predicted octanol–water partition coefficient (Wildman–Crippen LogP) is 1.75. The van der Waals surface area contributed by atoms with E-state index in [2.05, 4.69) is 27.3 Å². The molecule has 2 atom stereocenters. The molecule has 0 spiro atoms. The maximum atomic E-state index is 13.3. The number of carbonyl (C=O) groups is 2. The Morgan fingerprint density at radius 1 is 1.31 bits per heavy atom. The summed E-state index contributed by atoms with van der Waals surface area (Å²) in [6.45, 7) is 9.26. The van der Waals surface area contributed by atoms with Gasteiger partial charge in [0.05, 0.1) is 24.3 Å².